The minimum absolute atomic E-state index is 0.716. The van der Waals surface area contributed by atoms with Gasteiger partial charge in [0, 0.05) is 18.9 Å². The van der Waals surface area contributed by atoms with Crippen molar-refractivity contribution in [1.29, 1.82) is 0 Å². The summed E-state index contributed by atoms with van der Waals surface area (Å²) in [5, 5.41) is 0. The summed E-state index contributed by atoms with van der Waals surface area (Å²) in [6, 6.07) is 6.71. The van der Waals surface area contributed by atoms with Crippen molar-refractivity contribution in [3.63, 3.8) is 0 Å². The van der Waals surface area contributed by atoms with Crippen LogP contribution in [0.2, 0.25) is 0 Å². The topological polar surface area (TPSA) is 26.3 Å². The number of aryl methyl sites for hydroxylation is 2. The van der Waals surface area contributed by atoms with Crippen LogP contribution >= 0.6 is 0 Å². The van der Waals surface area contributed by atoms with Gasteiger partial charge in [0.2, 0.25) is 0 Å². The highest BCUT2D eigenvalue weighted by Crippen LogP contribution is 2.52. The fraction of sp³-hybridized carbons (Fsp3) is 0.500. The molecule has 1 aliphatic rings. The van der Waals surface area contributed by atoms with E-state index in [0.717, 1.165) is 25.0 Å². The highest BCUT2D eigenvalue weighted by Gasteiger charge is 2.80. The first-order chi connectivity index (χ1) is 17.0. The molecule has 11 heteroatoms. The van der Waals surface area contributed by atoms with E-state index in [2.05, 4.69) is 44.5 Å². The molecule has 0 aliphatic heterocycles. The molecule has 2 nitrogen and oxygen atoms in total. The Labute approximate surface area is 212 Å². The SMILES string of the molecule is C#C.C=CCC1=C(OC)CCCc2cc(C)ccc21.C=O.CC.CC(F)(F)C(F)(F)C(F)(F)C(F)(F)F. The monoisotopic (exact) mass is 548 g/mol. The molecule has 1 aromatic carbocycles. The summed E-state index contributed by atoms with van der Waals surface area (Å²) in [4.78, 5) is 8.00. The normalized spacial score (nSPS) is 13.3. The van der Waals surface area contributed by atoms with E-state index >= 15 is 0 Å². The van der Waals surface area contributed by atoms with Crippen LogP contribution in [0.4, 0.5) is 39.5 Å². The van der Waals surface area contributed by atoms with Crippen LogP contribution in [0.15, 0.2) is 36.6 Å². The largest absolute Gasteiger partial charge is 0.501 e. The summed E-state index contributed by atoms with van der Waals surface area (Å²) in [6.45, 7) is 11.3. The Morgan fingerprint density at radius 3 is 1.78 bits per heavy atom. The van der Waals surface area contributed by atoms with Gasteiger partial charge in [-0.25, -0.2) is 0 Å². The summed E-state index contributed by atoms with van der Waals surface area (Å²) >= 11 is 0. The number of hydrogen-bond donors (Lipinski definition) is 0. The fourth-order valence-corrected chi connectivity index (χ4v) is 3.01. The molecule has 2 rings (SSSR count). The molecule has 0 aromatic heterocycles. The second-order valence-electron chi connectivity index (χ2n) is 7.15. The van der Waals surface area contributed by atoms with Gasteiger partial charge in [-0.2, -0.15) is 39.5 Å². The van der Waals surface area contributed by atoms with Crippen molar-refractivity contribution in [2.75, 3.05) is 7.11 Å². The second-order valence-corrected chi connectivity index (χ2v) is 7.15. The molecule has 0 fully saturated rings. The summed E-state index contributed by atoms with van der Waals surface area (Å²) in [5.74, 6) is -17.6. The van der Waals surface area contributed by atoms with Crippen LogP contribution in [-0.2, 0) is 16.0 Å². The lowest BCUT2D eigenvalue weighted by molar-refractivity contribution is -0.393. The Kier molecular flexibility index (Phi) is 17.5. The number of fused-ring (bicyclic) bond motifs is 1. The van der Waals surface area contributed by atoms with Crippen LogP contribution in [0.5, 0.6) is 0 Å². The Hall–Kier alpha value is -2.90. The lowest BCUT2D eigenvalue weighted by atomic mass is 9.95. The van der Waals surface area contributed by atoms with E-state index in [0.29, 0.717) is 0 Å². The molecule has 0 saturated carbocycles. The minimum atomic E-state index is -6.77. The first-order valence-corrected chi connectivity index (χ1v) is 10.8. The average molecular weight is 549 g/mol. The number of hydrogen-bond acceptors (Lipinski definition) is 2. The van der Waals surface area contributed by atoms with Gasteiger partial charge in [0.25, 0.3) is 0 Å². The molecule has 0 atom stereocenters. The molecule has 37 heavy (non-hydrogen) atoms. The number of benzene rings is 1. The van der Waals surface area contributed by atoms with Crippen molar-refractivity contribution in [3.8, 4) is 12.8 Å². The van der Waals surface area contributed by atoms with Gasteiger partial charge in [0.1, 0.15) is 6.79 Å². The van der Waals surface area contributed by atoms with Crippen LogP contribution in [0.3, 0.4) is 0 Å². The van der Waals surface area contributed by atoms with Crippen LogP contribution in [0.25, 0.3) is 5.57 Å². The van der Waals surface area contributed by atoms with Gasteiger partial charge in [-0.3, -0.25) is 0 Å². The third kappa shape index (κ3) is 10.2. The Morgan fingerprint density at radius 2 is 1.43 bits per heavy atom. The fourth-order valence-electron chi connectivity index (χ4n) is 3.01. The van der Waals surface area contributed by atoms with Crippen LogP contribution in [-0.4, -0.2) is 37.8 Å². The molecule has 0 spiro atoms. The number of halogens is 9. The summed E-state index contributed by atoms with van der Waals surface area (Å²) in [7, 11) is 1.78. The standard InChI is InChI=1S/C16H20O.C5H3F9.C2H6.C2H2.CH2O/c1-4-6-15-14-10-9-12(2)11-13(14)7-5-8-16(15)17-3;1-2(6,7)3(8,9)4(10,11)5(12,13)14;3*1-2/h4,9-11H,1,5-8H2,2-3H3;1H3;1-2H3;1-2H;1H2. The number of allylic oxidation sites excluding steroid dienone is 3. The van der Waals surface area contributed by atoms with Crippen LogP contribution in [0.1, 0.15) is 56.7 Å². The highest BCUT2D eigenvalue weighted by molar-refractivity contribution is 5.72. The first kappa shape index (κ1) is 38.6. The van der Waals surface area contributed by atoms with E-state index < -0.39 is 30.9 Å². The maximum absolute atomic E-state index is 12.0. The third-order valence-corrected chi connectivity index (χ3v) is 4.67. The quantitative estimate of drug-likeness (QED) is 0.209. The zero-order chi connectivity index (χ0) is 30.3. The van der Waals surface area contributed by atoms with Gasteiger partial charge in [-0.1, -0.05) is 43.7 Å². The average Bonchev–Trinajstić information content (AvgIpc) is 3.00. The molecular weight excluding hydrogens is 515 g/mol. The molecule has 0 saturated heterocycles. The van der Waals surface area contributed by atoms with E-state index in [1.807, 2.05) is 26.7 Å². The van der Waals surface area contributed by atoms with Gasteiger partial charge in [0.05, 0.1) is 12.9 Å². The van der Waals surface area contributed by atoms with Crippen molar-refractivity contribution < 1.29 is 49.0 Å². The molecule has 0 radical (unpaired) electrons. The number of carbonyl (C=O) groups is 1. The number of methoxy groups -OCH3 is 1. The van der Waals surface area contributed by atoms with Gasteiger partial charge in [-0.15, -0.1) is 19.4 Å². The van der Waals surface area contributed by atoms with E-state index in [9.17, 15) is 39.5 Å². The third-order valence-electron chi connectivity index (χ3n) is 4.67. The predicted octanol–water partition coefficient (Wildman–Crippen LogP) is 8.83. The number of rotatable bonds is 5. The first-order valence-electron chi connectivity index (χ1n) is 10.8. The van der Waals surface area contributed by atoms with Gasteiger partial charge < -0.3 is 9.53 Å². The zero-order valence-electron chi connectivity index (χ0n) is 21.4. The molecule has 0 N–H and O–H groups in total. The molecule has 212 valence electrons. The number of carbonyl (C=O) groups excluding carboxylic acids is 1. The molecular formula is C26H33F9O2. The number of alkyl halides is 9. The molecule has 0 amide bonds. The van der Waals surface area contributed by atoms with Crippen LogP contribution < -0.4 is 0 Å². The second kappa shape index (κ2) is 16.8. The van der Waals surface area contributed by atoms with E-state index in [1.165, 1.54) is 28.7 Å². The molecule has 0 heterocycles. The van der Waals surface area contributed by atoms with Crippen LogP contribution in [0, 0.1) is 19.8 Å². The van der Waals surface area contributed by atoms with E-state index in [1.54, 1.807) is 7.11 Å². The minimum Gasteiger partial charge on any atom is -0.501 e. The van der Waals surface area contributed by atoms with Crippen molar-refractivity contribution in [2.24, 2.45) is 0 Å². The Bertz CT molecular complexity index is 841. The molecule has 1 aromatic rings. The summed E-state index contributed by atoms with van der Waals surface area (Å²) in [6.07, 6.45) is 7.47. The van der Waals surface area contributed by atoms with Gasteiger partial charge in [0.15, 0.2) is 0 Å². The number of terminal acetylenes is 1. The summed E-state index contributed by atoms with van der Waals surface area (Å²) in [5.41, 5.74) is 5.45. The Morgan fingerprint density at radius 1 is 0.946 bits per heavy atom. The Balaban J connectivity index is -0.000000527. The van der Waals surface area contributed by atoms with Gasteiger partial charge >= 0.3 is 23.9 Å². The van der Waals surface area contributed by atoms with E-state index in [4.69, 9.17) is 9.53 Å². The zero-order valence-corrected chi connectivity index (χ0v) is 21.4. The highest BCUT2D eigenvalue weighted by atomic mass is 19.4. The maximum atomic E-state index is 12.0. The smallest absolute Gasteiger partial charge is 0.460 e. The lowest BCUT2D eigenvalue weighted by Gasteiger charge is -2.31. The van der Waals surface area contributed by atoms with Crippen molar-refractivity contribution in [2.45, 2.75) is 77.3 Å². The predicted molar refractivity (Wildman–Crippen MR) is 128 cm³/mol. The van der Waals surface area contributed by atoms with Crippen molar-refractivity contribution >= 4 is 12.4 Å². The van der Waals surface area contributed by atoms with Crippen molar-refractivity contribution in [1.82, 2.24) is 0 Å². The number of ether oxygens (including phenoxy) is 1. The van der Waals surface area contributed by atoms with E-state index in [-0.39, 0.29) is 0 Å². The van der Waals surface area contributed by atoms with Gasteiger partial charge in [-0.05, 0) is 37.3 Å². The summed E-state index contributed by atoms with van der Waals surface area (Å²) < 4.78 is 111. The molecule has 1 aliphatic carbocycles. The molecule has 0 bridgehead atoms. The lowest BCUT2D eigenvalue weighted by Crippen LogP contribution is -2.59. The molecule has 0 unspecified atom stereocenters. The van der Waals surface area contributed by atoms with Crippen molar-refractivity contribution in [3.05, 3.63) is 53.3 Å². The maximum Gasteiger partial charge on any atom is 0.460 e.